The molecule has 0 aromatic heterocycles. The molecule has 1 aliphatic heterocycles. The van der Waals surface area contributed by atoms with Gasteiger partial charge < -0.3 is 0 Å². The summed E-state index contributed by atoms with van der Waals surface area (Å²) in [5, 5.41) is 18.4. The largest absolute Gasteiger partial charge is 0.270 e. The summed E-state index contributed by atoms with van der Waals surface area (Å²) in [6, 6.07) is 0. The van der Waals surface area contributed by atoms with E-state index < -0.39 is 5.03 Å². The van der Waals surface area contributed by atoms with Crippen LogP contribution < -0.4 is 10.9 Å². The van der Waals surface area contributed by atoms with Crippen molar-refractivity contribution in [3.63, 3.8) is 0 Å². The lowest BCUT2D eigenvalue weighted by molar-refractivity contribution is -0.527. The molecular weight excluding hydrogens is 210 g/mol. The van der Waals surface area contributed by atoms with Gasteiger partial charge in [0, 0.05) is 6.54 Å². The second-order valence-electron chi connectivity index (χ2n) is 3.77. The molecule has 7 heteroatoms. The van der Waals surface area contributed by atoms with Gasteiger partial charge in [-0.15, -0.1) is 0 Å². The molecule has 1 aliphatic carbocycles. The van der Waals surface area contributed by atoms with Crippen molar-refractivity contribution in [2.45, 2.75) is 6.42 Å². The smallest absolute Gasteiger partial charge is 0.268 e. The maximum absolute atomic E-state index is 10.2. The molecule has 0 saturated carbocycles. The van der Waals surface area contributed by atoms with Crippen molar-refractivity contribution in [2.75, 3.05) is 13.1 Å². The van der Waals surface area contributed by atoms with Crippen molar-refractivity contribution in [2.24, 2.45) is 5.92 Å². The van der Waals surface area contributed by atoms with E-state index >= 15 is 0 Å². The van der Waals surface area contributed by atoms with Crippen LogP contribution in [0.2, 0.25) is 0 Å². The summed E-state index contributed by atoms with van der Waals surface area (Å²) >= 11 is 0. The van der Waals surface area contributed by atoms with Gasteiger partial charge in [-0.1, -0.05) is 23.7 Å². The molecule has 7 nitrogen and oxygen atoms in total. The lowest BCUT2D eigenvalue weighted by Gasteiger charge is -2.35. The number of rotatable bonds is 1. The van der Waals surface area contributed by atoms with Gasteiger partial charge in [0.25, 0.3) is 5.96 Å². The number of nitrogens with one attached hydrogen (secondary N) is 3. The van der Waals surface area contributed by atoms with Crippen molar-refractivity contribution in [3.8, 4) is 0 Å². The zero-order chi connectivity index (χ0) is 11.5. The summed E-state index contributed by atoms with van der Waals surface area (Å²) in [4.78, 5) is 10.2. The molecule has 3 N–H and O–H groups in total. The van der Waals surface area contributed by atoms with Gasteiger partial charge in [0.15, 0.2) is 5.03 Å². The molecule has 1 saturated heterocycles. The first-order valence-electron chi connectivity index (χ1n) is 5.03. The average molecular weight is 223 g/mol. The van der Waals surface area contributed by atoms with E-state index in [1.165, 1.54) is 10.6 Å². The molecule has 0 radical (unpaired) electrons. The van der Waals surface area contributed by atoms with Crippen LogP contribution in [0.5, 0.6) is 0 Å². The molecular formula is C9H13N5O2. The fourth-order valence-electron chi connectivity index (χ4n) is 1.88. The first kappa shape index (κ1) is 10.6. The third-order valence-electron chi connectivity index (χ3n) is 2.73. The Hall–Kier alpha value is -1.89. The van der Waals surface area contributed by atoms with Crippen LogP contribution >= 0.6 is 0 Å². The SMILES string of the molecule is N=C(N[N+](=O)[O-])N1CC2=CC=CCC2CN1. The highest BCUT2D eigenvalue weighted by Crippen LogP contribution is 2.23. The number of fused-ring (bicyclic) bond motifs is 1. The number of allylic oxidation sites excluding steroid dienone is 3. The van der Waals surface area contributed by atoms with Crippen LogP contribution in [0, 0.1) is 21.4 Å². The van der Waals surface area contributed by atoms with Crippen molar-refractivity contribution < 1.29 is 5.03 Å². The second kappa shape index (κ2) is 4.31. The molecule has 1 heterocycles. The van der Waals surface area contributed by atoms with Gasteiger partial charge in [0.2, 0.25) is 0 Å². The Labute approximate surface area is 92.4 Å². The van der Waals surface area contributed by atoms with Gasteiger partial charge in [0.05, 0.1) is 6.54 Å². The Balaban J connectivity index is 1.99. The van der Waals surface area contributed by atoms with Gasteiger partial charge in [-0.2, -0.15) is 0 Å². The number of nitrogens with zero attached hydrogens (tertiary/aromatic N) is 2. The van der Waals surface area contributed by atoms with Crippen LogP contribution in [-0.2, 0) is 0 Å². The minimum absolute atomic E-state index is 0.237. The molecule has 86 valence electrons. The normalized spacial score (nSPS) is 23.4. The van der Waals surface area contributed by atoms with Crippen LogP contribution in [-0.4, -0.2) is 29.1 Å². The van der Waals surface area contributed by atoms with Gasteiger partial charge in [0.1, 0.15) is 0 Å². The van der Waals surface area contributed by atoms with Crippen molar-refractivity contribution in [1.82, 2.24) is 15.9 Å². The van der Waals surface area contributed by atoms with Crippen molar-refractivity contribution in [3.05, 3.63) is 33.9 Å². The van der Waals surface area contributed by atoms with Crippen LogP contribution in [0.1, 0.15) is 6.42 Å². The molecule has 2 aliphatic rings. The molecule has 0 aromatic rings. The fourth-order valence-corrected chi connectivity index (χ4v) is 1.88. The van der Waals surface area contributed by atoms with Crippen molar-refractivity contribution >= 4 is 5.96 Å². The van der Waals surface area contributed by atoms with Gasteiger partial charge in [-0.25, -0.2) is 15.5 Å². The van der Waals surface area contributed by atoms with Crippen molar-refractivity contribution in [1.29, 1.82) is 5.41 Å². The molecule has 0 aromatic carbocycles. The minimum Gasteiger partial charge on any atom is -0.270 e. The second-order valence-corrected chi connectivity index (χ2v) is 3.77. The van der Waals surface area contributed by atoms with Crippen LogP contribution in [0.4, 0.5) is 0 Å². The Bertz CT molecular complexity index is 376. The van der Waals surface area contributed by atoms with E-state index in [2.05, 4.69) is 11.5 Å². The highest BCUT2D eigenvalue weighted by Gasteiger charge is 2.26. The summed E-state index contributed by atoms with van der Waals surface area (Å²) in [6.45, 7) is 1.21. The summed E-state index contributed by atoms with van der Waals surface area (Å²) in [5.41, 5.74) is 6.03. The summed E-state index contributed by atoms with van der Waals surface area (Å²) in [7, 11) is 0. The van der Waals surface area contributed by atoms with E-state index in [0.29, 0.717) is 19.0 Å². The maximum atomic E-state index is 10.2. The molecule has 1 unspecified atom stereocenters. The predicted molar refractivity (Wildman–Crippen MR) is 57.9 cm³/mol. The van der Waals surface area contributed by atoms with E-state index in [1.807, 2.05) is 17.6 Å². The molecule has 0 spiro atoms. The highest BCUT2D eigenvalue weighted by atomic mass is 16.7. The third kappa shape index (κ3) is 2.19. The molecule has 0 amide bonds. The van der Waals surface area contributed by atoms with E-state index in [9.17, 15) is 10.1 Å². The Morgan fingerprint density at radius 1 is 1.75 bits per heavy atom. The Kier molecular flexibility index (Phi) is 2.86. The summed E-state index contributed by atoms with van der Waals surface area (Å²) in [5.74, 6) is 0.212. The first-order valence-corrected chi connectivity index (χ1v) is 5.03. The van der Waals surface area contributed by atoms with Gasteiger partial charge >= 0.3 is 0 Å². The quantitative estimate of drug-likeness (QED) is 0.252. The number of hydrogen-bond donors (Lipinski definition) is 3. The fraction of sp³-hybridized carbons (Fsp3) is 0.444. The lowest BCUT2D eigenvalue weighted by Crippen LogP contribution is -2.55. The zero-order valence-electron chi connectivity index (χ0n) is 8.64. The van der Waals surface area contributed by atoms with Crippen LogP contribution in [0.25, 0.3) is 0 Å². The maximum Gasteiger partial charge on any atom is 0.268 e. The molecule has 1 fully saturated rings. The Morgan fingerprint density at radius 2 is 2.56 bits per heavy atom. The Morgan fingerprint density at radius 3 is 3.31 bits per heavy atom. The van der Waals surface area contributed by atoms with E-state index in [0.717, 1.165) is 6.42 Å². The van der Waals surface area contributed by atoms with Gasteiger partial charge in [-0.3, -0.25) is 10.4 Å². The number of nitro groups is 1. The third-order valence-corrected chi connectivity index (χ3v) is 2.73. The summed E-state index contributed by atoms with van der Waals surface area (Å²) in [6.07, 6.45) is 7.09. The van der Waals surface area contributed by atoms with Crippen LogP contribution in [0.3, 0.4) is 0 Å². The topological polar surface area (TPSA) is 94.3 Å². The number of hydrazine groups is 2. The molecule has 1 atom stereocenters. The van der Waals surface area contributed by atoms with E-state index in [1.54, 1.807) is 0 Å². The minimum atomic E-state index is -0.731. The predicted octanol–water partition coefficient (Wildman–Crippen LogP) is 0.0252. The zero-order valence-corrected chi connectivity index (χ0v) is 8.64. The standard InChI is InChI=1S/C9H13N5O2/c10-9(12-14(15)16)13-6-8-4-2-1-3-7(8)5-11-13/h1-2,4,7,11H,3,5-6H2,(H2,10,12). The highest BCUT2D eigenvalue weighted by molar-refractivity contribution is 5.75. The number of hydrogen-bond acceptors (Lipinski definition) is 4. The van der Waals surface area contributed by atoms with E-state index in [4.69, 9.17) is 5.41 Å². The van der Waals surface area contributed by atoms with E-state index in [-0.39, 0.29) is 5.96 Å². The number of guanidine groups is 1. The molecule has 16 heavy (non-hydrogen) atoms. The average Bonchev–Trinajstić information content (AvgIpc) is 2.27. The summed E-state index contributed by atoms with van der Waals surface area (Å²) < 4.78 is 0. The molecule has 2 rings (SSSR count). The first-order chi connectivity index (χ1) is 7.66. The van der Waals surface area contributed by atoms with Crippen LogP contribution in [0.15, 0.2) is 23.8 Å². The monoisotopic (exact) mass is 223 g/mol. The lowest BCUT2D eigenvalue weighted by atomic mass is 9.90. The van der Waals surface area contributed by atoms with Gasteiger partial charge in [-0.05, 0) is 17.9 Å². The molecule has 0 bridgehead atoms.